The zero-order valence-electron chi connectivity index (χ0n) is 10.1. The molecule has 1 aromatic rings. The second kappa shape index (κ2) is 4.70. The average Bonchev–Trinajstić information content (AvgIpc) is 2.82. The molecule has 0 aromatic carbocycles. The minimum Gasteiger partial charge on any atom is -0.480 e. The first-order valence-electron chi connectivity index (χ1n) is 6.36. The fourth-order valence-electron chi connectivity index (χ4n) is 2.76. The van der Waals surface area contributed by atoms with Crippen molar-refractivity contribution >= 4 is 5.97 Å². The lowest BCUT2D eigenvalue weighted by molar-refractivity contribution is -0.140. The van der Waals surface area contributed by atoms with Gasteiger partial charge < -0.3 is 14.4 Å². The summed E-state index contributed by atoms with van der Waals surface area (Å²) < 4.78 is 7.52. The monoisotopic (exact) mass is 251 g/mol. The molecule has 1 fully saturated rings. The van der Waals surface area contributed by atoms with Gasteiger partial charge in [0.05, 0.1) is 18.5 Å². The van der Waals surface area contributed by atoms with Crippen molar-refractivity contribution in [2.24, 2.45) is 0 Å². The Labute approximate surface area is 105 Å². The molecular formula is C12H17N3O3. The van der Waals surface area contributed by atoms with Crippen LogP contribution >= 0.6 is 0 Å². The second-order valence-corrected chi connectivity index (χ2v) is 4.84. The number of nitrogens with one attached hydrogen (secondary N) is 1. The van der Waals surface area contributed by atoms with E-state index in [0.717, 1.165) is 30.9 Å². The minimum absolute atomic E-state index is 0.0965. The maximum absolute atomic E-state index is 11.1. The molecule has 0 saturated carbocycles. The number of aliphatic carboxylic acids is 1. The molecule has 2 N–H and O–H groups in total. The van der Waals surface area contributed by atoms with E-state index in [1.165, 1.54) is 0 Å². The summed E-state index contributed by atoms with van der Waals surface area (Å²) >= 11 is 0. The van der Waals surface area contributed by atoms with Crippen molar-refractivity contribution < 1.29 is 14.6 Å². The maximum Gasteiger partial charge on any atom is 0.320 e. The van der Waals surface area contributed by atoms with Crippen molar-refractivity contribution in [1.29, 1.82) is 0 Å². The van der Waals surface area contributed by atoms with Crippen LogP contribution < -0.4 is 5.32 Å². The SMILES string of the molecule is O=C(O)C1CCCC(c2cnc3n2CCOC3)N1. The van der Waals surface area contributed by atoms with Gasteiger partial charge >= 0.3 is 5.97 Å². The standard InChI is InChI=1S/C12H17N3O3/c16-12(17)9-3-1-2-8(14-9)10-6-13-11-7-18-5-4-15(10)11/h6,8-9,14H,1-5,7H2,(H,16,17). The van der Waals surface area contributed by atoms with Gasteiger partial charge in [-0.05, 0) is 19.3 Å². The van der Waals surface area contributed by atoms with E-state index in [1.54, 1.807) is 0 Å². The maximum atomic E-state index is 11.1. The first-order chi connectivity index (χ1) is 8.75. The molecule has 3 heterocycles. The van der Waals surface area contributed by atoms with Crippen molar-refractivity contribution in [3.63, 3.8) is 0 Å². The number of imidazole rings is 1. The van der Waals surface area contributed by atoms with Gasteiger partial charge in [-0.3, -0.25) is 10.1 Å². The normalized spacial score (nSPS) is 27.8. The van der Waals surface area contributed by atoms with Crippen LogP contribution in [0.4, 0.5) is 0 Å². The Morgan fingerprint density at radius 3 is 3.28 bits per heavy atom. The summed E-state index contributed by atoms with van der Waals surface area (Å²) in [6.45, 7) is 2.06. The van der Waals surface area contributed by atoms with Crippen LogP contribution in [0, 0.1) is 0 Å². The molecule has 6 heteroatoms. The van der Waals surface area contributed by atoms with Crippen molar-refractivity contribution in [2.75, 3.05) is 6.61 Å². The third kappa shape index (κ3) is 2.02. The number of ether oxygens (including phenoxy) is 1. The van der Waals surface area contributed by atoms with Crippen molar-refractivity contribution in [3.05, 3.63) is 17.7 Å². The molecule has 2 atom stereocenters. The van der Waals surface area contributed by atoms with E-state index in [2.05, 4.69) is 14.9 Å². The summed E-state index contributed by atoms with van der Waals surface area (Å²) in [5.41, 5.74) is 1.10. The third-order valence-electron chi connectivity index (χ3n) is 3.70. The Bertz CT molecular complexity index is 457. The lowest BCUT2D eigenvalue weighted by atomic mass is 9.96. The summed E-state index contributed by atoms with van der Waals surface area (Å²) in [6, 6.07) is -0.339. The molecule has 0 radical (unpaired) electrons. The average molecular weight is 251 g/mol. The molecule has 18 heavy (non-hydrogen) atoms. The Hall–Kier alpha value is -1.40. The number of fused-ring (bicyclic) bond motifs is 1. The van der Waals surface area contributed by atoms with Crippen LogP contribution in [-0.2, 0) is 22.7 Å². The molecule has 2 aliphatic heterocycles. The highest BCUT2D eigenvalue weighted by Gasteiger charge is 2.29. The summed E-state index contributed by atoms with van der Waals surface area (Å²) in [5, 5.41) is 12.3. The summed E-state index contributed by atoms with van der Waals surface area (Å²) in [5.74, 6) is 0.178. The number of carboxylic acids is 1. The fraction of sp³-hybridized carbons (Fsp3) is 0.667. The summed E-state index contributed by atoms with van der Waals surface area (Å²) in [7, 11) is 0. The van der Waals surface area contributed by atoms with Crippen LogP contribution in [0.3, 0.4) is 0 Å². The molecule has 2 aliphatic rings. The largest absolute Gasteiger partial charge is 0.480 e. The molecule has 98 valence electrons. The van der Waals surface area contributed by atoms with Crippen LogP contribution in [0.15, 0.2) is 6.20 Å². The quantitative estimate of drug-likeness (QED) is 0.808. The Balaban J connectivity index is 1.82. The van der Waals surface area contributed by atoms with Crippen molar-refractivity contribution in [1.82, 2.24) is 14.9 Å². The minimum atomic E-state index is -0.763. The smallest absolute Gasteiger partial charge is 0.320 e. The van der Waals surface area contributed by atoms with Gasteiger partial charge in [-0.15, -0.1) is 0 Å². The predicted octanol–water partition coefficient (Wildman–Crippen LogP) is 0.681. The highest BCUT2D eigenvalue weighted by Crippen LogP contribution is 2.27. The zero-order valence-corrected chi connectivity index (χ0v) is 10.1. The summed E-state index contributed by atoms with van der Waals surface area (Å²) in [4.78, 5) is 15.4. The van der Waals surface area contributed by atoms with Crippen LogP contribution in [0.2, 0.25) is 0 Å². The molecule has 1 saturated heterocycles. The number of rotatable bonds is 2. The van der Waals surface area contributed by atoms with Gasteiger partial charge in [-0.25, -0.2) is 4.98 Å². The molecular weight excluding hydrogens is 234 g/mol. The van der Waals surface area contributed by atoms with Crippen LogP contribution in [-0.4, -0.2) is 33.3 Å². The third-order valence-corrected chi connectivity index (χ3v) is 3.70. The van der Waals surface area contributed by atoms with Gasteiger partial charge in [-0.2, -0.15) is 0 Å². The van der Waals surface area contributed by atoms with Gasteiger partial charge in [0, 0.05) is 12.6 Å². The molecule has 1 aromatic heterocycles. The van der Waals surface area contributed by atoms with Crippen molar-refractivity contribution in [2.45, 2.75) is 44.5 Å². The number of aromatic nitrogens is 2. The van der Waals surface area contributed by atoms with E-state index < -0.39 is 12.0 Å². The van der Waals surface area contributed by atoms with Crippen molar-refractivity contribution in [3.8, 4) is 0 Å². The zero-order chi connectivity index (χ0) is 12.5. The highest BCUT2D eigenvalue weighted by atomic mass is 16.5. The Kier molecular flexibility index (Phi) is 3.05. The Morgan fingerprint density at radius 1 is 1.56 bits per heavy atom. The predicted molar refractivity (Wildman–Crippen MR) is 63.0 cm³/mol. The van der Waals surface area contributed by atoms with Crippen LogP contribution in [0.5, 0.6) is 0 Å². The number of piperidine rings is 1. The molecule has 2 unspecified atom stereocenters. The topological polar surface area (TPSA) is 76.4 Å². The molecule has 6 nitrogen and oxygen atoms in total. The molecule has 0 aliphatic carbocycles. The lowest BCUT2D eigenvalue weighted by Gasteiger charge is -2.30. The van der Waals surface area contributed by atoms with E-state index in [-0.39, 0.29) is 6.04 Å². The molecule has 0 spiro atoms. The van der Waals surface area contributed by atoms with Crippen LogP contribution in [0.1, 0.15) is 36.8 Å². The number of carbonyl (C=O) groups is 1. The van der Waals surface area contributed by atoms with E-state index >= 15 is 0 Å². The van der Waals surface area contributed by atoms with E-state index in [9.17, 15) is 4.79 Å². The fourth-order valence-corrected chi connectivity index (χ4v) is 2.76. The van der Waals surface area contributed by atoms with E-state index in [4.69, 9.17) is 9.84 Å². The molecule has 3 rings (SSSR count). The lowest BCUT2D eigenvalue weighted by Crippen LogP contribution is -2.43. The highest BCUT2D eigenvalue weighted by molar-refractivity contribution is 5.73. The van der Waals surface area contributed by atoms with Crippen LogP contribution in [0.25, 0.3) is 0 Å². The number of nitrogens with zero attached hydrogens (tertiary/aromatic N) is 2. The van der Waals surface area contributed by atoms with Gasteiger partial charge in [0.2, 0.25) is 0 Å². The van der Waals surface area contributed by atoms with Gasteiger partial charge in [-0.1, -0.05) is 0 Å². The van der Waals surface area contributed by atoms with E-state index in [0.29, 0.717) is 19.6 Å². The summed E-state index contributed by atoms with van der Waals surface area (Å²) in [6.07, 6.45) is 4.46. The first kappa shape index (κ1) is 11.7. The van der Waals surface area contributed by atoms with E-state index in [1.807, 2.05) is 6.20 Å². The Morgan fingerprint density at radius 2 is 2.44 bits per heavy atom. The van der Waals surface area contributed by atoms with Gasteiger partial charge in [0.1, 0.15) is 18.5 Å². The van der Waals surface area contributed by atoms with Gasteiger partial charge in [0.15, 0.2) is 0 Å². The molecule has 0 bridgehead atoms. The number of carboxylic acid groups (broad SMARTS) is 1. The number of hydrogen-bond donors (Lipinski definition) is 2. The second-order valence-electron chi connectivity index (χ2n) is 4.84. The first-order valence-corrected chi connectivity index (χ1v) is 6.36. The molecule has 0 amide bonds. The number of hydrogen-bond acceptors (Lipinski definition) is 4. The van der Waals surface area contributed by atoms with Gasteiger partial charge in [0.25, 0.3) is 0 Å².